The minimum Gasteiger partial charge on any atom is -0.330 e. The van der Waals surface area contributed by atoms with Gasteiger partial charge in [-0.3, -0.25) is 0 Å². The lowest BCUT2D eigenvalue weighted by Crippen LogP contribution is -2.03. The maximum absolute atomic E-state index is 5.94. The van der Waals surface area contributed by atoms with Crippen LogP contribution in [0.2, 0.25) is 5.02 Å². The fourth-order valence-corrected chi connectivity index (χ4v) is 2.38. The van der Waals surface area contributed by atoms with Gasteiger partial charge in [-0.05, 0) is 30.3 Å². The smallest absolute Gasteiger partial charge is 0.0547 e. The first-order valence-electron chi connectivity index (χ1n) is 3.68. The Balaban J connectivity index is 2.67. The van der Waals surface area contributed by atoms with Crippen LogP contribution in [-0.2, 0) is 0 Å². The van der Waals surface area contributed by atoms with E-state index in [1.54, 1.807) is 11.3 Å². The molecule has 0 saturated heterocycles. The molecule has 1 rings (SSSR count). The molecule has 0 fully saturated rings. The monoisotopic (exact) mass is 189 g/mol. The van der Waals surface area contributed by atoms with Crippen molar-refractivity contribution in [1.29, 1.82) is 0 Å². The largest absolute Gasteiger partial charge is 0.330 e. The highest BCUT2D eigenvalue weighted by atomic mass is 35.5. The first kappa shape index (κ1) is 9.04. The van der Waals surface area contributed by atoms with Gasteiger partial charge in [-0.25, -0.2) is 0 Å². The third-order valence-electron chi connectivity index (χ3n) is 1.69. The van der Waals surface area contributed by atoms with E-state index >= 15 is 0 Å². The van der Waals surface area contributed by atoms with Crippen LogP contribution in [0.3, 0.4) is 0 Å². The Labute approximate surface area is 76.2 Å². The molecule has 0 saturated carbocycles. The molecule has 62 valence electrons. The molecule has 0 spiro atoms. The Morgan fingerprint density at radius 2 is 2.45 bits per heavy atom. The molecule has 1 atom stereocenters. The molecular formula is C8H12ClNS. The highest BCUT2D eigenvalue weighted by Crippen LogP contribution is 2.31. The van der Waals surface area contributed by atoms with Crippen LogP contribution in [0.4, 0.5) is 0 Å². The molecule has 1 unspecified atom stereocenters. The van der Waals surface area contributed by atoms with E-state index in [0.29, 0.717) is 5.92 Å². The SMILES string of the molecule is CC(CCN)c1sccc1Cl. The van der Waals surface area contributed by atoms with Crippen molar-refractivity contribution in [2.75, 3.05) is 6.54 Å². The number of nitrogens with two attached hydrogens (primary N) is 1. The molecule has 0 amide bonds. The van der Waals surface area contributed by atoms with Crippen LogP contribution < -0.4 is 5.73 Å². The number of rotatable bonds is 3. The quantitative estimate of drug-likeness (QED) is 0.778. The fraction of sp³-hybridized carbons (Fsp3) is 0.500. The van der Waals surface area contributed by atoms with E-state index in [4.69, 9.17) is 17.3 Å². The molecule has 0 aromatic carbocycles. The van der Waals surface area contributed by atoms with Crippen molar-refractivity contribution in [3.8, 4) is 0 Å². The predicted octanol–water partition coefficient (Wildman–Crippen LogP) is 2.85. The van der Waals surface area contributed by atoms with Gasteiger partial charge >= 0.3 is 0 Å². The summed E-state index contributed by atoms with van der Waals surface area (Å²) in [5.41, 5.74) is 5.45. The van der Waals surface area contributed by atoms with E-state index < -0.39 is 0 Å². The Kier molecular flexibility index (Phi) is 3.37. The molecule has 1 heterocycles. The third-order valence-corrected chi connectivity index (χ3v) is 3.28. The predicted molar refractivity (Wildman–Crippen MR) is 51.4 cm³/mol. The van der Waals surface area contributed by atoms with Crippen LogP contribution in [0.25, 0.3) is 0 Å². The van der Waals surface area contributed by atoms with Gasteiger partial charge < -0.3 is 5.73 Å². The second-order valence-corrected chi connectivity index (χ2v) is 3.97. The lowest BCUT2D eigenvalue weighted by Gasteiger charge is -2.06. The fourth-order valence-electron chi connectivity index (χ4n) is 1.04. The Morgan fingerprint density at radius 3 is 2.91 bits per heavy atom. The van der Waals surface area contributed by atoms with E-state index in [2.05, 4.69) is 6.92 Å². The van der Waals surface area contributed by atoms with Gasteiger partial charge in [0.05, 0.1) is 5.02 Å². The van der Waals surface area contributed by atoms with E-state index in [9.17, 15) is 0 Å². The number of thiophene rings is 1. The van der Waals surface area contributed by atoms with Crippen molar-refractivity contribution in [3.05, 3.63) is 21.3 Å². The lowest BCUT2D eigenvalue weighted by atomic mass is 10.1. The van der Waals surface area contributed by atoms with E-state index in [1.165, 1.54) is 4.88 Å². The number of hydrogen-bond donors (Lipinski definition) is 1. The zero-order valence-electron chi connectivity index (χ0n) is 6.51. The zero-order valence-corrected chi connectivity index (χ0v) is 8.08. The van der Waals surface area contributed by atoms with Gasteiger partial charge in [-0.2, -0.15) is 0 Å². The van der Waals surface area contributed by atoms with Gasteiger partial charge in [0.25, 0.3) is 0 Å². The molecule has 0 aliphatic heterocycles. The highest BCUT2D eigenvalue weighted by Gasteiger charge is 2.09. The molecule has 0 radical (unpaired) electrons. The van der Waals surface area contributed by atoms with Crippen LogP contribution in [0.15, 0.2) is 11.4 Å². The average molecular weight is 190 g/mol. The van der Waals surface area contributed by atoms with Crippen LogP contribution in [0, 0.1) is 0 Å². The molecule has 0 bridgehead atoms. The summed E-state index contributed by atoms with van der Waals surface area (Å²) >= 11 is 7.65. The summed E-state index contributed by atoms with van der Waals surface area (Å²) in [6.45, 7) is 2.89. The van der Waals surface area contributed by atoms with Crippen LogP contribution in [0.1, 0.15) is 24.1 Å². The second-order valence-electron chi connectivity index (χ2n) is 2.61. The summed E-state index contributed by atoms with van der Waals surface area (Å²) < 4.78 is 0. The minimum absolute atomic E-state index is 0.507. The summed E-state index contributed by atoms with van der Waals surface area (Å²) in [5, 5.41) is 2.90. The van der Waals surface area contributed by atoms with Crippen molar-refractivity contribution in [2.24, 2.45) is 5.73 Å². The van der Waals surface area contributed by atoms with Crippen LogP contribution in [0.5, 0.6) is 0 Å². The maximum atomic E-state index is 5.94. The van der Waals surface area contributed by atoms with Gasteiger partial charge in [0.1, 0.15) is 0 Å². The van der Waals surface area contributed by atoms with Gasteiger partial charge in [0.15, 0.2) is 0 Å². The molecule has 3 heteroatoms. The summed E-state index contributed by atoms with van der Waals surface area (Å²) in [5.74, 6) is 0.507. The van der Waals surface area contributed by atoms with Gasteiger partial charge in [0.2, 0.25) is 0 Å². The van der Waals surface area contributed by atoms with Gasteiger partial charge in [-0.15, -0.1) is 11.3 Å². The van der Waals surface area contributed by atoms with E-state index in [-0.39, 0.29) is 0 Å². The van der Waals surface area contributed by atoms with Crippen molar-refractivity contribution < 1.29 is 0 Å². The summed E-state index contributed by atoms with van der Waals surface area (Å²) in [6.07, 6.45) is 1.01. The van der Waals surface area contributed by atoms with Crippen molar-refractivity contribution in [2.45, 2.75) is 19.3 Å². The first-order valence-corrected chi connectivity index (χ1v) is 4.94. The highest BCUT2D eigenvalue weighted by molar-refractivity contribution is 7.10. The van der Waals surface area contributed by atoms with Gasteiger partial charge in [-0.1, -0.05) is 18.5 Å². The van der Waals surface area contributed by atoms with E-state index in [0.717, 1.165) is 18.0 Å². The van der Waals surface area contributed by atoms with Crippen molar-refractivity contribution >= 4 is 22.9 Å². The standard InChI is InChI=1S/C8H12ClNS/c1-6(2-4-10)8-7(9)3-5-11-8/h3,5-6H,2,4,10H2,1H3. The Hall–Kier alpha value is -0.0500. The Morgan fingerprint density at radius 1 is 1.73 bits per heavy atom. The van der Waals surface area contributed by atoms with Crippen molar-refractivity contribution in [1.82, 2.24) is 0 Å². The number of halogens is 1. The number of hydrogen-bond acceptors (Lipinski definition) is 2. The normalized spacial score (nSPS) is 13.4. The Bertz CT molecular complexity index is 222. The van der Waals surface area contributed by atoms with E-state index in [1.807, 2.05) is 11.4 Å². The molecule has 0 aliphatic carbocycles. The summed E-state index contributed by atoms with van der Waals surface area (Å²) in [4.78, 5) is 1.26. The maximum Gasteiger partial charge on any atom is 0.0547 e. The second kappa shape index (κ2) is 4.10. The van der Waals surface area contributed by atoms with Crippen molar-refractivity contribution in [3.63, 3.8) is 0 Å². The van der Waals surface area contributed by atoms with Crippen LogP contribution in [-0.4, -0.2) is 6.54 Å². The van der Waals surface area contributed by atoms with Crippen LogP contribution >= 0.6 is 22.9 Å². The molecule has 1 aromatic rings. The summed E-state index contributed by atoms with van der Waals surface area (Å²) in [7, 11) is 0. The summed E-state index contributed by atoms with van der Waals surface area (Å²) in [6, 6.07) is 1.94. The molecule has 1 nitrogen and oxygen atoms in total. The average Bonchev–Trinajstić information content (AvgIpc) is 2.36. The minimum atomic E-state index is 0.507. The first-order chi connectivity index (χ1) is 5.25. The van der Waals surface area contributed by atoms with Gasteiger partial charge in [0, 0.05) is 4.88 Å². The molecular weight excluding hydrogens is 178 g/mol. The molecule has 11 heavy (non-hydrogen) atoms. The molecule has 2 N–H and O–H groups in total. The third kappa shape index (κ3) is 2.19. The molecule has 0 aliphatic rings. The zero-order chi connectivity index (χ0) is 8.27. The topological polar surface area (TPSA) is 26.0 Å². The lowest BCUT2D eigenvalue weighted by molar-refractivity contribution is 0.701. The molecule has 1 aromatic heterocycles.